The fourth-order valence-electron chi connectivity index (χ4n) is 2.21. The average molecular weight is 334 g/mol. The van der Waals surface area contributed by atoms with Crippen LogP contribution in [0.3, 0.4) is 0 Å². The van der Waals surface area contributed by atoms with Gasteiger partial charge in [0.15, 0.2) is 0 Å². The number of halogens is 1. The van der Waals surface area contributed by atoms with E-state index in [1.807, 2.05) is 0 Å². The lowest BCUT2D eigenvalue weighted by Gasteiger charge is -2.16. The summed E-state index contributed by atoms with van der Waals surface area (Å²) in [7, 11) is -3.80. The molecule has 0 spiro atoms. The maximum Gasteiger partial charge on any atom is 0.289 e. The van der Waals surface area contributed by atoms with Crippen LogP contribution in [0.1, 0.15) is 19.3 Å². The summed E-state index contributed by atoms with van der Waals surface area (Å²) in [4.78, 5) is 9.98. The van der Waals surface area contributed by atoms with Gasteiger partial charge in [0.05, 0.1) is 9.82 Å². The highest BCUT2D eigenvalue weighted by atomic mass is 35.5. The Morgan fingerprint density at radius 1 is 1.38 bits per heavy atom. The van der Waals surface area contributed by atoms with Crippen LogP contribution in [0, 0.1) is 10.1 Å². The molecule has 21 heavy (non-hydrogen) atoms. The Morgan fingerprint density at radius 2 is 2.14 bits per heavy atom. The smallest absolute Gasteiger partial charge is 0.289 e. The zero-order chi connectivity index (χ0) is 15.5. The van der Waals surface area contributed by atoms with Gasteiger partial charge in [-0.3, -0.25) is 10.1 Å². The number of nitro groups is 1. The molecule has 1 heterocycles. The minimum Gasteiger partial charge on any atom is -0.315 e. The maximum atomic E-state index is 12.3. The molecule has 116 valence electrons. The van der Waals surface area contributed by atoms with E-state index in [-0.39, 0.29) is 16.0 Å². The van der Waals surface area contributed by atoms with Gasteiger partial charge >= 0.3 is 0 Å². The molecule has 2 N–H and O–H groups in total. The number of benzene rings is 1. The number of sulfonamides is 1. The second-order valence-electron chi connectivity index (χ2n) is 4.89. The minimum atomic E-state index is -3.80. The second kappa shape index (κ2) is 6.69. The molecule has 1 fully saturated rings. The Balaban J connectivity index is 2.22. The van der Waals surface area contributed by atoms with Crippen LogP contribution in [0.5, 0.6) is 0 Å². The van der Waals surface area contributed by atoms with Crippen molar-refractivity contribution in [3.05, 3.63) is 33.3 Å². The Bertz CT molecular complexity index is 627. The molecule has 0 amide bonds. The predicted octanol–water partition coefficient (Wildman–Crippen LogP) is 1.67. The molecule has 0 bridgehead atoms. The molecule has 1 saturated heterocycles. The highest BCUT2D eigenvalue weighted by molar-refractivity contribution is 7.89. The van der Waals surface area contributed by atoms with Crippen molar-refractivity contribution < 1.29 is 13.3 Å². The van der Waals surface area contributed by atoms with Gasteiger partial charge in [-0.15, -0.1) is 0 Å². The SMILES string of the molecule is O=[N+]([O-])c1cc(S(=O)(=O)NC2CCCCNC2)ccc1Cl. The zero-order valence-electron chi connectivity index (χ0n) is 11.2. The Labute approximate surface area is 127 Å². The van der Waals surface area contributed by atoms with Gasteiger partial charge in [0.1, 0.15) is 5.02 Å². The molecule has 1 aliphatic heterocycles. The summed E-state index contributed by atoms with van der Waals surface area (Å²) in [6, 6.07) is 3.25. The molecule has 1 aliphatic rings. The molecule has 1 atom stereocenters. The summed E-state index contributed by atoms with van der Waals surface area (Å²) in [5.74, 6) is 0. The Kier molecular flexibility index (Phi) is 5.15. The predicted molar refractivity (Wildman–Crippen MR) is 78.9 cm³/mol. The number of nitro benzene ring substituents is 1. The van der Waals surface area contributed by atoms with Crippen LogP contribution in [0.4, 0.5) is 5.69 Å². The van der Waals surface area contributed by atoms with Gasteiger partial charge in [-0.25, -0.2) is 13.1 Å². The van der Waals surface area contributed by atoms with E-state index in [9.17, 15) is 18.5 Å². The molecule has 0 radical (unpaired) electrons. The van der Waals surface area contributed by atoms with Gasteiger partial charge in [-0.1, -0.05) is 18.0 Å². The third kappa shape index (κ3) is 4.13. The lowest BCUT2D eigenvalue weighted by molar-refractivity contribution is -0.384. The monoisotopic (exact) mass is 333 g/mol. The summed E-state index contributed by atoms with van der Waals surface area (Å²) in [6.07, 6.45) is 2.67. The third-order valence-electron chi connectivity index (χ3n) is 3.29. The average Bonchev–Trinajstić information content (AvgIpc) is 2.66. The van der Waals surface area contributed by atoms with E-state index in [2.05, 4.69) is 10.0 Å². The molecule has 9 heteroatoms. The molecule has 1 aromatic carbocycles. The van der Waals surface area contributed by atoms with E-state index in [0.29, 0.717) is 6.54 Å². The van der Waals surface area contributed by atoms with E-state index in [1.165, 1.54) is 12.1 Å². The number of hydrogen-bond donors (Lipinski definition) is 2. The van der Waals surface area contributed by atoms with Crippen molar-refractivity contribution in [2.24, 2.45) is 0 Å². The van der Waals surface area contributed by atoms with Crippen molar-refractivity contribution in [3.8, 4) is 0 Å². The van der Waals surface area contributed by atoms with Crippen molar-refractivity contribution >= 4 is 27.3 Å². The summed E-state index contributed by atoms with van der Waals surface area (Å²) in [6.45, 7) is 1.42. The molecular formula is C12H16ClN3O4S. The van der Waals surface area contributed by atoms with E-state index in [0.717, 1.165) is 31.9 Å². The molecule has 0 saturated carbocycles. The first-order valence-electron chi connectivity index (χ1n) is 6.57. The maximum absolute atomic E-state index is 12.3. The topological polar surface area (TPSA) is 101 Å². The van der Waals surface area contributed by atoms with E-state index >= 15 is 0 Å². The molecule has 1 unspecified atom stereocenters. The summed E-state index contributed by atoms with van der Waals surface area (Å²) in [5, 5.41) is 13.9. The Hall–Kier alpha value is -1.22. The van der Waals surface area contributed by atoms with Gasteiger partial charge in [0, 0.05) is 18.7 Å². The first-order valence-corrected chi connectivity index (χ1v) is 8.43. The van der Waals surface area contributed by atoms with Crippen molar-refractivity contribution in [1.82, 2.24) is 10.0 Å². The van der Waals surface area contributed by atoms with Crippen molar-refractivity contribution in [2.75, 3.05) is 13.1 Å². The van der Waals surface area contributed by atoms with Gasteiger partial charge in [-0.05, 0) is 31.5 Å². The standard InChI is InChI=1S/C12H16ClN3O4S/c13-11-5-4-10(7-12(11)16(17)18)21(19,20)15-9-3-1-2-6-14-8-9/h4-5,7,9,14-15H,1-3,6,8H2. The highest BCUT2D eigenvalue weighted by Gasteiger charge is 2.24. The quantitative estimate of drug-likeness (QED) is 0.644. The molecular weight excluding hydrogens is 318 g/mol. The van der Waals surface area contributed by atoms with Crippen molar-refractivity contribution in [3.63, 3.8) is 0 Å². The van der Waals surface area contributed by atoms with Crippen LogP contribution in [0.2, 0.25) is 5.02 Å². The van der Waals surface area contributed by atoms with Gasteiger partial charge in [-0.2, -0.15) is 0 Å². The van der Waals surface area contributed by atoms with Crippen molar-refractivity contribution in [2.45, 2.75) is 30.2 Å². The Morgan fingerprint density at radius 3 is 2.86 bits per heavy atom. The fourth-order valence-corrected chi connectivity index (χ4v) is 3.68. The largest absolute Gasteiger partial charge is 0.315 e. The number of hydrogen-bond acceptors (Lipinski definition) is 5. The molecule has 0 aliphatic carbocycles. The van der Waals surface area contributed by atoms with E-state index in [4.69, 9.17) is 11.6 Å². The van der Waals surface area contributed by atoms with Crippen LogP contribution in [0.25, 0.3) is 0 Å². The third-order valence-corrected chi connectivity index (χ3v) is 5.13. The number of nitrogens with one attached hydrogen (secondary N) is 2. The summed E-state index contributed by atoms with van der Waals surface area (Å²) >= 11 is 5.69. The van der Waals surface area contributed by atoms with Gasteiger partial charge in [0.25, 0.3) is 5.69 Å². The molecule has 0 aromatic heterocycles. The normalized spacial score (nSPS) is 20.0. The van der Waals surface area contributed by atoms with E-state index in [1.54, 1.807) is 0 Å². The van der Waals surface area contributed by atoms with Crippen LogP contribution in [-0.2, 0) is 10.0 Å². The van der Waals surface area contributed by atoms with Crippen LogP contribution in [0.15, 0.2) is 23.1 Å². The zero-order valence-corrected chi connectivity index (χ0v) is 12.8. The lowest BCUT2D eigenvalue weighted by Crippen LogP contribution is -2.40. The number of nitrogens with zero attached hydrogens (tertiary/aromatic N) is 1. The van der Waals surface area contributed by atoms with E-state index < -0.39 is 20.6 Å². The van der Waals surface area contributed by atoms with Crippen LogP contribution < -0.4 is 10.0 Å². The van der Waals surface area contributed by atoms with Gasteiger partial charge in [0.2, 0.25) is 10.0 Å². The van der Waals surface area contributed by atoms with Crippen LogP contribution in [-0.4, -0.2) is 32.5 Å². The first kappa shape index (κ1) is 16.2. The van der Waals surface area contributed by atoms with Crippen molar-refractivity contribution in [1.29, 1.82) is 0 Å². The first-order chi connectivity index (χ1) is 9.90. The lowest BCUT2D eigenvalue weighted by atomic mass is 10.2. The molecule has 1 aromatic rings. The van der Waals surface area contributed by atoms with Gasteiger partial charge < -0.3 is 5.32 Å². The number of rotatable bonds is 4. The fraction of sp³-hybridized carbons (Fsp3) is 0.500. The summed E-state index contributed by atoms with van der Waals surface area (Å²) < 4.78 is 27.2. The molecule has 2 rings (SSSR count). The minimum absolute atomic E-state index is 0.0879. The highest BCUT2D eigenvalue weighted by Crippen LogP contribution is 2.27. The molecule has 7 nitrogen and oxygen atoms in total. The summed E-state index contributed by atoms with van der Waals surface area (Å²) in [5.41, 5.74) is -0.418. The van der Waals surface area contributed by atoms with Crippen LogP contribution >= 0.6 is 11.6 Å². The second-order valence-corrected chi connectivity index (χ2v) is 7.01.